The number of carboxylic acid groups (broad SMARTS) is 1. The Kier molecular flexibility index (Phi) is 7.31. The summed E-state index contributed by atoms with van der Waals surface area (Å²) >= 11 is 6.33. The van der Waals surface area contributed by atoms with Gasteiger partial charge in [-0.2, -0.15) is 13.2 Å². The molecule has 1 unspecified atom stereocenters. The third-order valence-corrected chi connectivity index (χ3v) is 6.46. The average Bonchev–Trinajstić information content (AvgIpc) is 2.93. The Morgan fingerprint density at radius 3 is 2.35 bits per heavy atom. The van der Waals surface area contributed by atoms with Gasteiger partial charge in [0.2, 0.25) is 0 Å². The van der Waals surface area contributed by atoms with Crippen LogP contribution in [-0.2, 0) is 11.0 Å². The summed E-state index contributed by atoms with van der Waals surface area (Å²) in [6.07, 6.45) is -4.09. The standard InChI is InChI=1S/C28H19ClF3N3O5/c29-21-13-20-19(27(37)38)11-12-39-23(20)14-24(21)40-18-7-3-16(4-8-18)26(36)33-25-10-9-22(34-35-25)15-1-5-17(6-2-15)28(30,31)32/h1-10,13-14,19H,11-12H2,(H,37,38)(H,33,35,36). The molecule has 2 heterocycles. The van der Waals surface area contributed by atoms with E-state index < -0.39 is 29.5 Å². The molecular weight excluding hydrogens is 551 g/mol. The zero-order chi connectivity index (χ0) is 28.4. The maximum atomic E-state index is 12.8. The maximum Gasteiger partial charge on any atom is 0.416 e. The van der Waals surface area contributed by atoms with Gasteiger partial charge in [-0.25, -0.2) is 0 Å². The van der Waals surface area contributed by atoms with Crippen molar-refractivity contribution in [1.82, 2.24) is 10.2 Å². The van der Waals surface area contributed by atoms with Gasteiger partial charge >= 0.3 is 12.1 Å². The van der Waals surface area contributed by atoms with Gasteiger partial charge in [0.25, 0.3) is 5.91 Å². The number of alkyl halides is 3. The SMILES string of the molecule is O=C(Nc1ccc(-c2ccc(C(F)(F)F)cc2)nn1)c1ccc(Oc2cc3c(cc2Cl)C(C(=O)O)CCO3)cc1. The molecule has 0 saturated heterocycles. The van der Waals surface area contributed by atoms with Crippen LogP contribution in [0.4, 0.5) is 19.0 Å². The average molecular weight is 570 g/mol. The van der Waals surface area contributed by atoms with E-state index in [9.17, 15) is 27.9 Å². The predicted octanol–water partition coefficient (Wildman–Crippen LogP) is 6.81. The van der Waals surface area contributed by atoms with Gasteiger partial charge in [-0.05, 0) is 61.0 Å². The molecule has 1 amide bonds. The lowest BCUT2D eigenvalue weighted by Crippen LogP contribution is -2.20. The number of hydrogen-bond acceptors (Lipinski definition) is 6. The Bertz CT molecular complexity index is 1560. The molecule has 2 N–H and O–H groups in total. The first kappa shape index (κ1) is 26.9. The number of benzene rings is 3. The van der Waals surface area contributed by atoms with E-state index in [4.69, 9.17) is 21.1 Å². The van der Waals surface area contributed by atoms with Crippen LogP contribution in [0.5, 0.6) is 17.2 Å². The molecule has 5 rings (SSSR count). The predicted molar refractivity (Wildman–Crippen MR) is 139 cm³/mol. The van der Waals surface area contributed by atoms with Crippen LogP contribution >= 0.6 is 11.6 Å². The largest absolute Gasteiger partial charge is 0.493 e. The molecule has 204 valence electrons. The lowest BCUT2D eigenvalue weighted by Gasteiger charge is -2.24. The van der Waals surface area contributed by atoms with Crippen molar-refractivity contribution < 1.29 is 37.3 Å². The van der Waals surface area contributed by atoms with E-state index in [1.165, 1.54) is 42.5 Å². The Labute approximate surface area is 230 Å². The second-order valence-electron chi connectivity index (χ2n) is 8.81. The van der Waals surface area contributed by atoms with Gasteiger partial charge in [0.1, 0.15) is 17.2 Å². The third kappa shape index (κ3) is 5.84. The number of halogens is 4. The molecule has 3 aromatic carbocycles. The summed E-state index contributed by atoms with van der Waals surface area (Å²) < 4.78 is 49.7. The minimum atomic E-state index is -4.43. The number of anilines is 1. The van der Waals surface area contributed by atoms with Crippen molar-refractivity contribution in [2.24, 2.45) is 0 Å². The maximum absolute atomic E-state index is 12.8. The topological polar surface area (TPSA) is 111 Å². The molecule has 0 saturated carbocycles. The number of hydrogen-bond donors (Lipinski definition) is 2. The van der Waals surface area contributed by atoms with Crippen molar-refractivity contribution in [2.75, 3.05) is 11.9 Å². The summed E-state index contributed by atoms with van der Waals surface area (Å²) in [6.45, 7) is 0.261. The summed E-state index contributed by atoms with van der Waals surface area (Å²) in [6, 6.07) is 16.8. The van der Waals surface area contributed by atoms with Crippen molar-refractivity contribution in [3.05, 3.63) is 94.5 Å². The lowest BCUT2D eigenvalue weighted by atomic mass is 9.93. The van der Waals surface area contributed by atoms with Gasteiger partial charge in [0, 0.05) is 22.8 Å². The Balaban J connectivity index is 1.23. The summed E-state index contributed by atoms with van der Waals surface area (Å²) in [7, 11) is 0. The molecule has 0 spiro atoms. The van der Waals surface area contributed by atoms with Crippen LogP contribution < -0.4 is 14.8 Å². The van der Waals surface area contributed by atoms with Crippen LogP contribution in [0, 0.1) is 0 Å². The molecule has 40 heavy (non-hydrogen) atoms. The van der Waals surface area contributed by atoms with Crippen LogP contribution in [0.3, 0.4) is 0 Å². The number of nitrogens with zero attached hydrogens (tertiary/aromatic N) is 2. The van der Waals surface area contributed by atoms with Gasteiger partial charge in [-0.1, -0.05) is 23.7 Å². The molecule has 8 nitrogen and oxygen atoms in total. The zero-order valence-corrected chi connectivity index (χ0v) is 21.2. The van der Waals surface area contributed by atoms with Crippen molar-refractivity contribution in [2.45, 2.75) is 18.5 Å². The fraction of sp³-hybridized carbons (Fsp3) is 0.143. The molecule has 1 atom stereocenters. The molecule has 0 radical (unpaired) electrons. The number of aromatic nitrogens is 2. The van der Waals surface area contributed by atoms with E-state index in [-0.39, 0.29) is 23.2 Å². The van der Waals surface area contributed by atoms with E-state index in [0.29, 0.717) is 40.3 Å². The van der Waals surface area contributed by atoms with Crippen LogP contribution in [-0.4, -0.2) is 33.8 Å². The highest BCUT2D eigenvalue weighted by Crippen LogP contribution is 2.42. The van der Waals surface area contributed by atoms with Crippen molar-refractivity contribution in [3.8, 4) is 28.5 Å². The van der Waals surface area contributed by atoms with Gasteiger partial charge in [0.05, 0.1) is 28.8 Å². The first-order chi connectivity index (χ1) is 19.1. The molecule has 12 heteroatoms. The molecular formula is C28H19ClF3N3O5. The van der Waals surface area contributed by atoms with E-state index in [2.05, 4.69) is 15.5 Å². The second-order valence-corrected chi connectivity index (χ2v) is 9.22. The van der Waals surface area contributed by atoms with Crippen molar-refractivity contribution in [3.63, 3.8) is 0 Å². The molecule has 1 aromatic heterocycles. The lowest BCUT2D eigenvalue weighted by molar-refractivity contribution is -0.139. The van der Waals surface area contributed by atoms with Crippen molar-refractivity contribution >= 4 is 29.3 Å². The fourth-order valence-corrected chi connectivity index (χ4v) is 4.31. The second kappa shape index (κ2) is 10.9. The van der Waals surface area contributed by atoms with Crippen LogP contribution in [0.25, 0.3) is 11.3 Å². The highest BCUT2D eigenvalue weighted by molar-refractivity contribution is 6.32. The Morgan fingerprint density at radius 2 is 1.73 bits per heavy atom. The van der Waals surface area contributed by atoms with E-state index >= 15 is 0 Å². The zero-order valence-electron chi connectivity index (χ0n) is 20.4. The highest BCUT2D eigenvalue weighted by atomic mass is 35.5. The smallest absolute Gasteiger partial charge is 0.416 e. The first-order valence-electron chi connectivity index (χ1n) is 11.9. The molecule has 4 aromatic rings. The minimum absolute atomic E-state index is 0.154. The van der Waals surface area contributed by atoms with Crippen LogP contribution in [0.15, 0.2) is 72.8 Å². The molecule has 1 aliphatic heterocycles. The van der Waals surface area contributed by atoms with E-state index in [0.717, 1.165) is 12.1 Å². The van der Waals surface area contributed by atoms with Crippen molar-refractivity contribution in [1.29, 1.82) is 0 Å². The highest BCUT2D eigenvalue weighted by Gasteiger charge is 2.30. The quantitative estimate of drug-likeness (QED) is 0.262. The van der Waals surface area contributed by atoms with Gasteiger partial charge in [-0.3, -0.25) is 9.59 Å². The number of carbonyl (C=O) groups is 2. The minimum Gasteiger partial charge on any atom is -0.493 e. The summed E-state index contributed by atoms with van der Waals surface area (Å²) in [5, 5.41) is 20.2. The molecule has 0 fully saturated rings. The number of fused-ring (bicyclic) bond motifs is 1. The number of carbonyl (C=O) groups excluding carboxylic acids is 1. The Morgan fingerprint density at radius 1 is 1.00 bits per heavy atom. The van der Waals surface area contributed by atoms with E-state index in [1.807, 2.05) is 0 Å². The molecule has 0 aliphatic carbocycles. The number of nitrogens with one attached hydrogen (secondary N) is 1. The summed E-state index contributed by atoms with van der Waals surface area (Å²) in [5.41, 5.74) is 0.807. The van der Waals surface area contributed by atoms with Gasteiger partial charge in [0.15, 0.2) is 5.82 Å². The number of rotatable bonds is 6. The fourth-order valence-electron chi connectivity index (χ4n) is 4.10. The molecule has 1 aliphatic rings. The van der Waals surface area contributed by atoms with Crippen LogP contribution in [0.1, 0.15) is 33.8 Å². The summed E-state index contributed by atoms with van der Waals surface area (Å²) in [5.74, 6) is -0.941. The van der Waals surface area contributed by atoms with E-state index in [1.54, 1.807) is 18.2 Å². The number of amides is 1. The number of aliphatic carboxylic acids is 1. The van der Waals surface area contributed by atoms with Gasteiger partial charge < -0.3 is 19.9 Å². The Hall–Kier alpha value is -4.64. The third-order valence-electron chi connectivity index (χ3n) is 6.16. The number of ether oxygens (including phenoxy) is 2. The normalized spacial score (nSPS) is 14.6. The van der Waals surface area contributed by atoms with Crippen LogP contribution in [0.2, 0.25) is 5.02 Å². The number of carboxylic acids is 1. The summed E-state index contributed by atoms with van der Waals surface area (Å²) in [4.78, 5) is 24.2. The van der Waals surface area contributed by atoms with Gasteiger partial charge in [-0.15, -0.1) is 10.2 Å². The molecule has 0 bridgehead atoms. The monoisotopic (exact) mass is 569 g/mol. The first-order valence-corrected chi connectivity index (χ1v) is 12.3.